The predicted octanol–water partition coefficient (Wildman–Crippen LogP) is 30.7. The van der Waals surface area contributed by atoms with Crippen molar-refractivity contribution in [1.29, 1.82) is 0 Å². The summed E-state index contributed by atoms with van der Waals surface area (Å²) in [5, 5.41) is 0. The molecule has 0 radical (unpaired) electrons. The first kappa shape index (κ1) is 73.7. The molecule has 618 valence electrons. The summed E-state index contributed by atoms with van der Waals surface area (Å²) in [7, 11) is 0. The maximum Gasteiger partial charge on any atom is -0.000278 e. The van der Waals surface area contributed by atoms with Gasteiger partial charge in [0.15, 0.2) is 0 Å². The SMILES string of the molecule is CC(C)(C)C12C(C)(C)C34C56C78C9%10C(C)(C)C%11(C(C)(C)C)C5%12C5(C(C)(C)C)C(C)(C)C7%13C(C)(C)[C@]7(C)C(C)(C)[C@@]1(C)[C@@]%13(C)[C@@]3(C)[C@@]5(C)C(C)(C)[C@](C)(C4(C)C)[C@@]%12(C)[C@@]1(C)[C@@]3(C)C(C)(C)[C@@]4(C)[C@]5(C)C%12(C6%13[C@]6(C)C%14%15C(C)(C)[C@@]%16(C)C(C)(C)C6(C(C)(C)[C@@]4(C)[C@@]%131C)[C@]5(C)[C@@](C)(C%16(C)C)C%14(C(C)(C)[C@](C)(C9(C)C)[C@]7(C)C8%152)[C@@]%10%12C)[C@@]%113C. The summed E-state index contributed by atoms with van der Waals surface area (Å²) in [6.45, 7) is 196. The van der Waals surface area contributed by atoms with Crippen LogP contribution in [0.5, 0.6) is 0 Å². The molecule has 12 spiro atoms. The summed E-state index contributed by atoms with van der Waals surface area (Å²) in [5.74, 6) is 0. The summed E-state index contributed by atoms with van der Waals surface area (Å²) < 4.78 is 0. The third-order valence-electron chi connectivity index (χ3n) is 70.1. The van der Waals surface area contributed by atoms with Gasteiger partial charge < -0.3 is 0 Å². The van der Waals surface area contributed by atoms with Crippen LogP contribution in [0.25, 0.3) is 0 Å². The minimum absolute atomic E-state index is 0.167. The lowest BCUT2D eigenvalue weighted by Gasteiger charge is -3.42. The van der Waals surface area contributed by atoms with Crippen molar-refractivity contribution in [2.45, 2.75) is 402 Å². The lowest BCUT2D eigenvalue weighted by molar-refractivity contribution is -0.877. The van der Waals surface area contributed by atoms with Gasteiger partial charge in [0, 0.05) is 0 Å². The van der Waals surface area contributed by atoms with Crippen LogP contribution in [0, 0.1) is 287 Å². The average Bonchev–Trinajstić information content (AvgIpc) is 0.472. The van der Waals surface area contributed by atoms with Crippen molar-refractivity contribution in [3.8, 4) is 0 Å². The van der Waals surface area contributed by atoms with Gasteiger partial charge in [-0.05, 0) is 287 Å². The fourth-order valence-corrected chi connectivity index (χ4v) is 79.3. The van der Waals surface area contributed by atoms with E-state index in [1.807, 2.05) is 0 Å². The van der Waals surface area contributed by atoms with E-state index in [-0.39, 0.29) is 287 Å². The first-order valence-electron chi connectivity index (χ1n) is 48.2. The molecule has 37 aliphatic rings. The average molecular weight is 1510 g/mol. The van der Waals surface area contributed by atoms with Crippen LogP contribution in [0.15, 0.2) is 0 Å². The molecule has 0 heterocycles. The normalized spacial score (nSPS) is 77.2. The van der Waals surface area contributed by atoms with Crippen LogP contribution in [-0.2, 0) is 0 Å². The largest absolute Gasteiger partial charge is 0.0596 e. The second-order valence-electron chi connectivity index (χ2n) is 64.4. The van der Waals surface area contributed by atoms with E-state index in [1.54, 1.807) is 0 Å². The van der Waals surface area contributed by atoms with Crippen molar-refractivity contribution in [2.24, 2.45) is 227 Å². The fourth-order valence-electron chi connectivity index (χ4n) is 79.3. The van der Waals surface area contributed by atoms with E-state index in [1.165, 1.54) is 0 Å². The van der Waals surface area contributed by atoms with Gasteiger partial charge in [-0.2, -0.15) is 0 Å². The molecule has 0 heteroatoms. The van der Waals surface area contributed by atoms with Crippen LogP contribution in [0.2, 0.25) is 0 Å². The Morgan fingerprint density at radius 2 is 0.297 bits per heavy atom. The van der Waals surface area contributed by atoms with Gasteiger partial charge in [0.1, 0.15) is 0 Å². The molecule has 111 heavy (non-hydrogen) atoms. The van der Waals surface area contributed by atoms with E-state index in [0.717, 1.165) is 0 Å². The lowest BCUT2D eigenvalue weighted by Crippen LogP contribution is -3.39. The molecule has 0 nitrogen and oxygen atoms in total. The number of hydrogen-bond donors (Lipinski definition) is 0. The van der Waals surface area contributed by atoms with Crippen molar-refractivity contribution in [3.63, 3.8) is 0 Å². The highest BCUT2D eigenvalue weighted by molar-refractivity contribution is 6.21. The smallest absolute Gasteiger partial charge is 0.000278 e. The molecule has 37 fully saturated rings. The van der Waals surface area contributed by atoms with Crippen molar-refractivity contribution in [1.82, 2.24) is 0 Å². The van der Waals surface area contributed by atoms with Gasteiger partial charge in [0.05, 0.1) is 0 Å². The molecule has 15 unspecified atom stereocenters. The van der Waals surface area contributed by atoms with Crippen molar-refractivity contribution in [2.75, 3.05) is 0 Å². The van der Waals surface area contributed by atoms with Gasteiger partial charge in [0.25, 0.3) is 0 Å². The number of hydrogen-bond acceptors (Lipinski definition) is 0. The standard InChI is InChI=1S/C111H174/c1-59(2,3)97-73(32,33)101-68(22,23)77(39)63(12,13)84(46)92(101,54)93(55)83(97,45)64(14,15)78(40)69(24,25)102(93)74(34,35)98(84,60(4,5)6)109-87(77,49)79(41)70(26,27)103-75(36,37)99(61(7,8)9)94(56)81(43)65(16,17)80(42)82(44)72(30,31)100-66(18,19)76(38)62(10,11)85(47)91(100,53)90(80,52)106(94)96(103,58)104(85,71(79,28)29)105(109,67(76,20)21)95(100,57)107(106)89(82,51)86(81,48)88(78,50)108(97,99)111(102,107)110(101,103)109/h1-58H3/t76-,77+,78-,79+,80-,81-,82-,83-,84+,85-,86-,87-,88+,89-,90+,91-,92+,93-,94-,95+,96-,97?,98?,99?,100?,101?,102?,103?,104?,105?,106?,107?,108?,109?,110?,111?/m1/s1. The molecule has 36 atom stereocenters. The summed E-state index contributed by atoms with van der Waals surface area (Å²) >= 11 is 0. The quantitative estimate of drug-likeness (QED) is 0.227. The Hall–Kier alpha value is 0. The van der Waals surface area contributed by atoms with Crippen LogP contribution >= 0.6 is 0 Å². The van der Waals surface area contributed by atoms with E-state index >= 15 is 0 Å². The van der Waals surface area contributed by atoms with Crippen molar-refractivity contribution < 1.29 is 0 Å². The zero-order valence-electron chi connectivity index (χ0n) is 84.5. The zero-order valence-corrected chi connectivity index (χ0v) is 84.5. The first-order chi connectivity index (χ1) is 48.2. The van der Waals surface area contributed by atoms with E-state index in [2.05, 4.69) is 402 Å². The Labute approximate surface area is 684 Å². The van der Waals surface area contributed by atoms with Gasteiger partial charge in [-0.25, -0.2) is 0 Å². The summed E-state index contributed by atoms with van der Waals surface area (Å²) in [6, 6.07) is 0. The molecule has 37 aliphatic carbocycles. The van der Waals surface area contributed by atoms with Gasteiger partial charge in [-0.3, -0.25) is 0 Å². The molecular formula is C111H174. The van der Waals surface area contributed by atoms with Gasteiger partial charge in [0.2, 0.25) is 0 Å². The molecule has 36 bridgehead atoms. The Morgan fingerprint density at radius 1 is 0.0901 bits per heavy atom. The number of rotatable bonds is 0. The highest BCUT2D eigenvalue weighted by Crippen LogP contribution is 3.50. The van der Waals surface area contributed by atoms with E-state index in [4.69, 9.17) is 0 Å². The molecule has 37 rings (SSSR count). The third-order valence-corrected chi connectivity index (χ3v) is 70.1. The molecule has 0 aliphatic heterocycles. The first-order valence-corrected chi connectivity index (χ1v) is 48.2. The minimum Gasteiger partial charge on any atom is -0.0596 e. The Bertz CT molecular complexity index is 5200. The van der Waals surface area contributed by atoms with Gasteiger partial charge >= 0.3 is 0 Å². The van der Waals surface area contributed by atoms with E-state index in [9.17, 15) is 0 Å². The maximum absolute atomic E-state index is 3.74. The topological polar surface area (TPSA) is 0 Å². The second kappa shape index (κ2) is 12.9. The maximum atomic E-state index is 3.74. The Balaban J connectivity index is 1.25. The summed E-state index contributed by atoms with van der Waals surface area (Å²) in [5.41, 5.74) is -13.5. The monoisotopic (exact) mass is 1510 g/mol. The summed E-state index contributed by atoms with van der Waals surface area (Å²) in [4.78, 5) is 0. The molecule has 0 saturated heterocycles. The van der Waals surface area contributed by atoms with Crippen LogP contribution in [0.1, 0.15) is 402 Å². The van der Waals surface area contributed by atoms with Crippen LogP contribution in [0.4, 0.5) is 0 Å². The highest BCUT2D eigenvalue weighted by atomic mass is 15.5. The van der Waals surface area contributed by atoms with E-state index < -0.39 is 0 Å². The molecule has 0 aromatic rings. The Kier molecular flexibility index (Phi) is 8.58. The molecule has 0 aromatic carbocycles. The third kappa shape index (κ3) is 2.67. The molecule has 37 saturated carbocycles. The Morgan fingerprint density at radius 3 is 0.667 bits per heavy atom. The zero-order chi connectivity index (χ0) is 84.5. The van der Waals surface area contributed by atoms with Crippen LogP contribution in [0.3, 0.4) is 0 Å². The van der Waals surface area contributed by atoms with Gasteiger partial charge in [-0.1, -0.05) is 402 Å². The molecule has 0 aromatic heterocycles. The molecule has 0 amide bonds. The van der Waals surface area contributed by atoms with Gasteiger partial charge in [-0.15, -0.1) is 0 Å². The van der Waals surface area contributed by atoms with Crippen molar-refractivity contribution >= 4 is 0 Å². The van der Waals surface area contributed by atoms with Crippen LogP contribution < -0.4 is 0 Å². The fraction of sp³-hybridized carbons (Fsp3) is 1.00. The van der Waals surface area contributed by atoms with Crippen LogP contribution in [-0.4, -0.2) is 0 Å². The molecule has 0 N–H and O–H groups in total. The van der Waals surface area contributed by atoms with Crippen molar-refractivity contribution in [3.05, 3.63) is 59.6 Å². The molecular weight excluding hydrogens is 1330 g/mol. The predicted molar refractivity (Wildman–Crippen MR) is 467 cm³/mol. The highest BCUT2D eigenvalue weighted by Gasteiger charge is 3.47. The van der Waals surface area contributed by atoms with E-state index in [0.29, 0.717) is 0 Å². The lowest BCUT2D eigenvalue weighted by atomic mass is 8.60. The minimum atomic E-state index is -0.328. The second-order valence-corrected chi connectivity index (χ2v) is 64.4. The summed E-state index contributed by atoms with van der Waals surface area (Å²) in [6.07, 6.45) is 0.